The van der Waals surface area contributed by atoms with E-state index in [-0.39, 0.29) is 18.4 Å². The first-order valence-electron chi connectivity index (χ1n) is 8.57. The maximum absolute atomic E-state index is 12.6. The van der Waals surface area contributed by atoms with Crippen molar-refractivity contribution in [3.05, 3.63) is 36.9 Å². The lowest BCUT2D eigenvalue weighted by atomic mass is 9.80. The highest BCUT2D eigenvalue weighted by atomic mass is 16.5. The van der Waals surface area contributed by atoms with Gasteiger partial charge < -0.3 is 20.1 Å². The lowest BCUT2D eigenvalue weighted by Crippen LogP contribution is -2.60. The summed E-state index contributed by atoms with van der Waals surface area (Å²) < 4.78 is 10.8. The SMILES string of the molecule is C=CCNC(=O)C1(NC(=O)COc2ccccc2OC)CCCCC1. The van der Waals surface area contributed by atoms with Crippen molar-refractivity contribution in [3.63, 3.8) is 0 Å². The quantitative estimate of drug-likeness (QED) is 0.708. The summed E-state index contributed by atoms with van der Waals surface area (Å²) in [6.45, 7) is 3.82. The number of amides is 2. The van der Waals surface area contributed by atoms with Crippen molar-refractivity contribution < 1.29 is 19.1 Å². The number of carbonyl (C=O) groups excluding carboxylic acids is 2. The normalized spacial score (nSPS) is 15.7. The third-order valence-electron chi connectivity index (χ3n) is 4.36. The predicted octanol–water partition coefficient (Wildman–Crippen LogP) is 2.20. The van der Waals surface area contributed by atoms with Gasteiger partial charge in [-0.2, -0.15) is 0 Å². The Bertz CT molecular complexity index is 609. The average molecular weight is 346 g/mol. The molecule has 0 aromatic heterocycles. The van der Waals surface area contributed by atoms with Gasteiger partial charge in [0.1, 0.15) is 5.54 Å². The molecule has 1 saturated carbocycles. The third-order valence-corrected chi connectivity index (χ3v) is 4.36. The Morgan fingerprint density at radius 2 is 1.88 bits per heavy atom. The molecule has 0 saturated heterocycles. The van der Waals surface area contributed by atoms with Crippen molar-refractivity contribution in [2.45, 2.75) is 37.6 Å². The van der Waals surface area contributed by atoms with E-state index in [1.165, 1.54) is 0 Å². The van der Waals surface area contributed by atoms with E-state index in [0.717, 1.165) is 19.3 Å². The van der Waals surface area contributed by atoms with E-state index in [1.54, 1.807) is 31.4 Å². The number of hydrogen-bond donors (Lipinski definition) is 2. The van der Waals surface area contributed by atoms with E-state index in [0.29, 0.717) is 30.9 Å². The molecule has 1 fully saturated rings. The molecular formula is C19H26N2O4. The highest BCUT2D eigenvalue weighted by molar-refractivity contribution is 5.92. The maximum Gasteiger partial charge on any atom is 0.258 e. The van der Waals surface area contributed by atoms with Crippen LogP contribution in [-0.2, 0) is 9.59 Å². The fraction of sp³-hybridized carbons (Fsp3) is 0.474. The molecule has 1 aromatic carbocycles. The average Bonchev–Trinajstić information content (AvgIpc) is 2.65. The number of benzene rings is 1. The molecule has 0 atom stereocenters. The fourth-order valence-electron chi connectivity index (χ4n) is 3.08. The molecule has 6 heteroatoms. The van der Waals surface area contributed by atoms with Crippen LogP contribution in [0.3, 0.4) is 0 Å². The zero-order chi connectivity index (χ0) is 18.1. The van der Waals surface area contributed by atoms with Crippen LogP contribution in [-0.4, -0.2) is 37.6 Å². The van der Waals surface area contributed by atoms with Gasteiger partial charge in [0.2, 0.25) is 5.91 Å². The van der Waals surface area contributed by atoms with Crippen molar-refractivity contribution in [3.8, 4) is 11.5 Å². The molecule has 0 unspecified atom stereocenters. The van der Waals surface area contributed by atoms with Gasteiger partial charge in [0, 0.05) is 6.54 Å². The summed E-state index contributed by atoms with van der Waals surface area (Å²) in [5.41, 5.74) is -0.859. The summed E-state index contributed by atoms with van der Waals surface area (Å²) in [6, 6.07) is 7.13. The summed E-state index contributed by atoms with van der Waals surface area (Å²) in [5.74, 6) is 0.583. The Morgan fingerprint density at radius 1 is 1.20 bits per heavy atom. The molecule has 1 aliphatic rings. The second kappa shape index (κ2) is 9.11. The maximum atomic E-state index is 12.6. The summed E-state index contributed by atoms with van der Waals surface area (Å²) in [7, 11) is 1.54. The number of para-hydroxylation sites is 2. The van der Waals surface area contributed by atoms with Crippen LogP contribution in [0.15, 0.2) is 36.9 Å². The number of hydrogen-bond acceptors (Lipinski definition) is 4. The van der Waals surface area contributed by atoms with Gasteiger partial charge in [0.15, 0.2) is 18.1 Å². The van der Waals surface area contributed by atoms with E-state index in [4.69, 9.17) is 9.47 Å². The number of methoxy groups -OCH3 is 1. The minimum atomic E-state index is -0.859. The molecular weight excluding hydrogens is 320 g/mol. The van der Waals surface area contributed by atoms with Gasteiger partial charge in [-0.15, -0.1) is 6.58 Å². The predicted molar refractivity (Wildman–Crippen MR) is 95.7 cm³/mol. The van der Waals surface area contributed by atoms with Crippen molar-refractivity contribution in [2.75, 3.05) is 20.3 Å². The van der Waals surface area contributed by atoms with Crippen molar-refractivity contribution in [1.82, 2.24) is 10.6 Å². The Kier molecular flexibility index (Phi) is 6.86. The monoisotopic (exact) mass is 346 g/mol. The van der Waals surface area contributed by atoms with Crippen LogP contribution in [0, 0.1) is 0 Å². The second-order valence-corrected chi connectivity index (χ2v) is 6.13. The minimum absolute atomic E-state index is 0.155. The Hall–Kier alpha value is -2.50. The van der Waals surface area contributed by atoms with Crippen LogP contribution in [0.5, 0.6) is 11.5 Å². The molecule has 136 valence electrons. The first kappa shape index (κ1) is 18.8. The van der Waals surface area contributed by atoms with E-state index < -0.39 is 5.54 Å². The highest BCUT2D eigenvalue weighted by Gasteiger charge is 2.40. The van der Waals surface area contributed by atoms with Gasteiger partial charge in [-0.1, -0.05) is 37.5 Å². The van der Waals surface area contributed by atoms with Crippen molar-refractivity contribution >= 4 is 11.8 Å². The number of nitrogens with one attached hydrogen (secondary N) is 2. The molecule has 2 amide bonds. The molecule has 0 radical (unpaired) electrons. The van der Waals surface area contributed by atoms with Gasteiger partial charge in [0.25, 0.3) is 5.91 Å². The third kappa shape index (κ3) is 4.98. The Morgan fingerprint density at radius 3 is 2.52 bits per heavy atom. The van der Waals surface area contributed by atoms with Gasteiger partial charge in [-0.3, -0.25) is 9.59 Å². The number of carbonyl (C=O) groups is 2. The van der Waals surface area contributed by atoms with Crippen LogP contribution < -0.4 is 20.1 Å². The van der Waals surface area contributed by atoms with E-state index in [1.807, 2.05) is 6.07 Å². The Labute approximate surface area is 148 Å². The van der Waals surface area contributed by atoms with Crippen LogP contribution in [0.25, 0.3) is 0 Å². The number of ether oxygens (including phenoxy) is 2. The Balaban J connectivity index is 1.99. The molecule has 0 heterocycles. The lowest BCUT2D eigenvalue weighted by Gasteiger charge is -2.36. The van der Waals surface area contributed by atoms with Gasteiger partial charge in [-0.05, 0) is 25.0 Å². The topological polar surface area (TPSA) is 76.7 Å². The summed E-state index contributed by atoms with van der Waals surface area (Å²) >= 11 is 0. The van der Waals surface area contributed by atoms with Crippen molar-refractivity contribution in [1.29, 1.82) is 0 Å². The highest BCUT2D eigenvalue weighted by Crippen LogP contribution is 2.29. The minimum Gasteiger partial charge on any atom is -0.493 e. The first-order chi connectivity index (χ1) is 12.1. The van der Waals surface area contributed by atoms with E-state index in [9.17, 15) is 9.59 Å². The van der Waals surface area contributed by atoms with Gasteiger partial charge in [0.05, 0.1) is 7.11 Å². The van der Waals surface area contributed by atoms with E-state index >= 15 is 0 Å². The molecule has 1 aliphatic carbocycles. The van der Waals surface area contributed by atoms with Crippen molar-refractivity contribution in [2.24, 2.45) is 0 Å². The summed E-state index contributed by atoms with van der Waals surface area (Å²) in [6.07, 6.45) is 5.79. The van der Waals surface area contributed by atoms with E-state index in [2.05, 4.69) is 17.2 Å². The molecule has 2 N–H and O–H groups in total. The zero-order valence-corrected chi connectivity index (χ0v) is 14.7. The molecule has 0 aliphatic heterocycles. The number of rotatable bonds is 8. The van der Waals surface area contributed by atoms with Crippen LogP contribution in [0.4, 0.5) is 0 Å². The molecule has 2 rings (SSSR count). The zero-order valence-electron chi connectivity index (χ0n) is 14.7. The molecule has 6 nitrogen and oxygen atoms in total. The lowest BCUT2D eigenvalue weighted by molar-refractivity contribution is -0.135. The van der Waals surface area contributed by atoms with Crippen LogP contribution >= 0.6 is 0 Å². The largest absolute Gasteiger partial charge is 0.493 e. The first-order valence-corrected chi connectivity index (χ1v) is 8.57. The smallest absolute Gasteiger partial charge is 0.258 e. The molecule has 25 heavy (non-hydrogen) atoms. The van der Waals surface area contributed by atoms with Crippen LogP contribution in [0.2, 0.25) is 0 Å². The fourth-order valence-corrected chi connectivity index (χ4v) is 3.08. The molecule has 1 aromatic rings. The van der Waals surface area contributed by atoms with Gasteiger partial charge in [-0.25, -0.2) is 0 Å². The molecule has 0 spiro atoms. The van der Waals surface area contributed by atoms with Crippen LogP contribution in [0.1, 0.15) is 32.1 Å². The molecule has 0 bridgehead atoms. The van der Waals surface area contributed by atoms with Gasteiger partial charge >= 0.3 is 0 Å². The second-order valence-electron chi connectivity index (χ2n) is 6.13. The standard InChI is InChI=1S/C19H26N2O4/c1-3-13-20-18(23)19(11-7-4-8-12-19)21-17(22)14-25-16-10-6-5-9-15(16)24-2/h3,5-6,9-10H,1,4,7-8,11-14H2,2H3,(H,20,23)(H,21,22). The summed E-state index contributed by atoms with van der Waals surface area (Å²) in [4.78, 5) is 24.9. The summed E-state index contributed by atoms with van der Waals surface area (Å²) in [5, 5.41) is 5.71.